The molecule has 0 fully saturated rings. The third-order valence-electron chi connectivity index (χ3n) is 3.32. The molecule has 0 saturated heterocycles. The minimum Gasteiger partial charge on any atom is -0.385 e. The van der Waals surface area contributed by atoms with Crippen molar-refractivity contribution in [3.05, 3.63) is 59.8 Å². The van der Waals surface area contributed by atoms with E-state index < -0.39 is 0 Å². The highest BCUT2D eigenvalue weighted by Gasteiger charge is 2.11. The van der Waals surface area contributed by atoms with Crippen LogP contribution in [0.2, 0.25) is 0 Å². The molecule has 0 bridgehead atoms. The molecular weight excluding hydrogens is 276 g/mol. The lowest BCUT2D eigenvalue weighted by Crippen LogP contribution is -2.38. The number of benzene rings is 1. The van der Waals surface area contributed by atoms with Gasteiger partial charge >= 0.3 is 0 Å². The highest BCUT2D eigenvalue weighted by Crippen LogP contribution is 2.14. The van der Waals surface area contributed by atoms with Gasteiger partial charge in [-0.1, -0.05) is 36.4 Å². The normalized spacial score (nSPS) is 10.4. The lowest BCUT2D eigenvalue weighted by atomic mass is 10.1. The van der Waals surface area contributed by atoms with Crippen molar-refractivity contribution in [1.82, 2.24) is 4.98 Å². The van der Waals surface area contributed by atoms with E-state index in [4.69, 9.17) is 15.9 Å². The standard InChI is InChI=1S/C17H22N4O/c1-22-12-6-11-21(17(18)19)16-10-5-9-15(20-16)13-14-7-3-2-4-8-14/h2-5,7-10H,6,11-13H2,1H3,(H3,18,19). The summed E-state index contributed by atoms with van der Waals surface area (Å²) in [5.74, 6) is 0.706. The Hall–Kier alpha value is -2.40. The maximum Gasteiger partial charge on any atom is 0.194 e. The van der Waals surface area contributed by atoms with Crippen molar-refractivity contribution in [2.75, 3.05) is 25.2 Å². The summed E-state index contributed by atoms with van der Waals surface area (Å²) in [5, 5.41) is 7.74. The molecule has 0 saturated carbocycles. The molecule has 1 aromatic heterocycles. The first-order valence-electron chi connectivity index (χ1n) is 7.31. The summed E-state index contributed by atoms with van der Waals surface area (Å²) in [5.41, 5.74) is 7.85. The quantitative estimate of drug-likeness (QED) is 0.467. The summed E-state index contributed by atoms with van der Waals surface area (Å²) in [4.78, 5) is 6.33. The van der Waals surface area contributed by atoms with E-state index in [9.17, 15) is 0 Å². The number of hydrogen-bond donors (Lipinski definition) is 2. The zero-order valence-corrected chi connectivity index (χ0v) is 12.8. The monoisotopic (exact) mass is 298 g/mol. The fourth-order valence-corrected chi connectivity index (χ4v) is 2.25. The van der Waals surface area contributed by atoms with Crippen LogP contribution in [0.15, 0.2) is 48.5 Å². The topological polar surface area (TPSA) is 75.2 Å². The molecule has 1 heterocycles. The molecule has 0 atom stereocenters. The Morgan fingerprint density at radius 3 is 2.64 bits per heavy atom. The van der Waals surface area contributed by atoms with Gasteiger partial charge in [-0.15, -0.1) is 0 Å². The van der Waals surface area contributed by atoms with Crippen molar-refractivity contribution in [1.29, 1.82) is 5.41 Å². The fraction of sp³-hybridized carbons (Fsp3) is 0.294. The molecule has 0 radical (unpaired) electrons. The van der Waals surface area contributed by atoms with E-state index >= 15 is 0 Å². The number of anilines is 1. The fourth-order valence-electron chi connectivity index (χ4n) is 2.25. The van der Waals surface area contributed by atoms with Gasteiger partial charge in [0.25, 0.3) is 0 Å². The Morgan fingerprint density at radius 2 is 1.95 bits per heavy atom. The largest absolute Gasteiger partial charge is 0.385 e. The molecule has 0 spiro atoms. The van der Waals surface area contributed by atoms with Gasteiger partial charge in [-0.25, -0.2) is 4.98 Å². The first-order chi connectivity index (χ1) is 10.7. The number of nitrogens with one attached hydrogen (secondary N) is 1. The van der Waals surface area contributed by atoms with Gasteiger partial charge in [0.05, 0.1) is 0 Å². The Bertz CT molecular complexity index is 601. The SMILES string of the molecule is COCCCN(C(=N)N)c1cccc(Cc2ccccc2)n1. The van der Waals surface area contributed by atoms with Crippen molar-refractivity contribution in [3.8, 4) is 0 Å². The third kappa shape index (κ3) is 4.56. The molecule has 0 unspecified atom stereocenters. The summed E-state index contributed by atoms with van der Waals surface area (Å²) in [6, 6.07) is 16.0. The van der Waals surface area contributed by atoms with Crippen molar-refractivity contribution in [3.63, 3.8) is 0 Å². The average Bonchev–Trinajstić information content (AvgIpc) is 2.52. The Morgan fingerprint density at radius 1 is 1.18 bits per heavy atom. The highest BCUT2D eigenvalue weighted by atomic mass is 16.5. The van der Waals surface area contributed by atoms with E-state index in [1.807, 2.05) is 36.4 Å². The van der Waals surface area contributed by atoms with E-state index in [0.717, 1.165) is 18.5 Å². The van der Waals surface area contributed by atoms with Crippen molar-refractivity contribution >= 4 is 11.8 Å². The predicted octanol–water partition coefficient (Wildman–Crippen LogP) is 2.41. The maximum atomic E-state index is 7.74. The van der Waals surface area contributed by atoms with Crippen molar-refractivity contribution in [2.45, 2.75) is 12.8 Å². The molecule has 5 nitrogen and oxygen atoms in total. The molecule has 22 heavy (non-hydrogen) atoms. The number of guanidine groups is 1. The minimum absolute atomic E-state index is 0.000430. The van der Waals surface area contributed by atoms with Crippen LogP contribution in [-0.2, 0) is 11.2 Å². The van der Waals surface area contributed by atoms with E-state index in [-0.39, 0.29) is 5.96 Å². The molecule has 3 N–H and O–H groups in total. The van der Waals surface area contributed by atoms with Gasteiger partial charge in [-0.3, -0.25) is 10.3 Å². The van der Waals surface area contributed by atoms with Gasteiger partial charge in [0.15, 0.2) is 5.96 Å². The van der Waals surface area contributed by atoms with Crippen LogP contribution in [-0.4, -0.2) is 31.2 Å². The first kappa shape index (κ1) is 16.0. The van der Waals surface area contributed by atoms with Gasteiger partial charge in [0, 0.05) is 32.4 Å². The van der Waals surface area contributed by atoms with Crippen LogP contribution < -0.4 is 10.6 Å². The van der Waals surface area contributed by atoms with Gasteiger partial charge in [0.1, 0.15) is 5.82 Å². The second-order valence-electron chi connectivity index (χ2n) is 5.03. The zero-order valence-electron chi connectivity index (χ0n) is 12.8. The Kier molecular flexibility index (Phi) is 5.91. The Labute approximate surface area is 131 Å². The number of pyridine rings is 1. The summed E-state index contributed by atoms with van der Waals surface area (Å²) in [7, 11) is 1.66. The number of rotatable bonds is 7. The van der Waals surface area contributed by atoms with E-state index in [1.165, 1.54) is 5.56 Å². The number of nitrogens with zero attached hydrogens (tertiary/aromatic N) is 2. The molecule has 1 aromatic carbocycles. The molecule has 0 aliphatic heterocycles. The van der Waals surface area contributed by atoms with Crippen LogP contribution in [0.1, 0.15) is 17.7 Å². The van der Waals surface area contributed by atoms with Crippen molar-refractivity contribution in [2.24, 2.45) is 5.73 Å². The van der Waals surface area contributed by atoms with E-state index in [2.05, 4.69) is 17.1 Å². The van der Waals surface area contributed by atoms with Gasteiger partial charge < -0.3 is 10.5 Å². The second-order valence-corrected chi connectivity index (χ2v) is 5.03. The summed E-state index contributed by atoms with van der Waals surface area (Å²) in [6.07, 6.45) is 1.55. The number of hydrogen-bond acceptors (Lipinski definition) is 3. The molecule has 2 aromatic rings. The number of methoxy groups -OCH3 is 1. The molecule has 2 rings (SSSR count). The minimum atomic E-state index is 0.000430. The Balaban J connectivity index is 2.13. The van der Waals surface area contributed by atoms with Crippen molar-refractivity contribution < 1.29 is 4.74 Å². The smallest absolute Gasteiger partial charge is 0.194 e. The van der Waals surface area contributed by atoms with E-state index in [1.54, 1.807) is 12.0 Å². The van der Waals surface area contributed by atoms with Gasteiger partial charge in [0.2, 0.25) is 0 Å². The maximum absolute atomic E-state index is 7.74. The summed E-state index contributed by atoms with van der Waals surface area (Å²) < 4.78 is 5.05. The third-order valence-corrected chi connectivity index (χ3v) is 3.32. The van der Waals surface area contributed by atoms with Crippen LogP contribution >= 0.6 is 0 Å². The lowest BCUT2D eigenvalue weighted by molar-refractivity contribution is 0.197. The summed E-state index contributed by atoms with van der Waals surface area (Å²) >= 11 is 0. The van der Waals surface area contributed by atoms with Crippen LogP contribution in [0.5, 0.6) is 0 Å². The summed E-state index contributed by atoms with van der Waals surface area (Å²) in [6.45, 7) is 1.25. The molecule has 0 aliphatic rings. The van der Waals surface area contributed by atoms with Crippen LogP contribution in [0.25, 0.3) is 0 Å². The number of ether oxygens (including phenoxy) is 1. The van der Waals surface area contributed by atoms with Crippen LogP contribution in [0, 0.1) is 5.41 Å². The molecule has 5 heteroatoms. The highest BCUT2D eigenvalue weighted by molar-refractivity contribution is 5.91. The molecule has 116 valence electrons. The first-order valence-corrected chi connectivity index (χ1v) is 7.31. The second kappa shape index (κ2) is 8.14. The lowest BCUT2D eigenvalue weighted by Gasteiger charge is -2.22. The zero-order chi connectivity index (χ0) is 15.8. The number of nitrogens with two attached hydrogens (primary N) is 1. The van der Waals surface area contributed by atoms with Crippen LogP contribution in [0.4, 0.5) is 5.82 Å². The van der Waals surface area contributed by atoms with Gasteiger partial charge in [-0.05, 0) is 24.1 Å². The molecular formula is C17H22N4O. The molecule has 0 amide bonds. The average molecular weight is 298 g/mol. The predicted molar refractivity (Wildman–Crippen MR) is 89.2 cm³/mol. The van der Waals surface area contributed by atoms with E-state index in [0.29, 0.717) is 19.0 Å². The van der Waals surface area contributed by atoms with Gasteiger partial charge in [-0.2, -0.15) is 0 Å². The number of aromatic nitrogens is 1. The molecule has 0 aliphatic carbocycles. The van der Waals surface area contributed by atoms with Crippen LogP contribution in [0.3, 0.4) is 0 Å².